The van der Waals surface area contributed by atoms with Crippen molar-refractivity contribution in [2.24, 2.45) is 5.92 Å². The maximum absolute atomic E-state index is 12.1. The van der Waals surface area contributed by atoms with E-state index in [9.17, 15) is 4.79 Å². The lowest BCUT2D eigenvalue weighted by Gasteiger charge is -2.45. The predicted molar refractivity (Wildman–Crippen MR) is 85.3 cm³/mol. The van der Waals surface area contributed by atoms with Crippen LogP contribution in [0.3, 0.4) is 0 Å². The van der Waals surface area contributed by atoms with E-state index < -0.39 is 5.54 Å². The molecule has 21 heavy (non-hydrogen) atoms. The van der Waals surface area contributed by atoms with Crippen LogP contribution >= 0.6 is 0 Å². The molecular weight excluding hydrogens is 264 g/mol. The fourth-order valence-electron chi connectivity index (χ4n) is 4.25. The summed E-state index contributed by atoms with van der Waals surface area (Å²) < 4.78 is 4.99. The molecule has 122 valence electrons. The summed E-state index contributed by atoms with van der Waals surface area (Å²) in [6.45, 7) is 7.01. The van der Waals surface area contributed by atoms with Crippen LogP contribution in [-0.2, 0) is 9.53 Å². The molecule has 0 amide bonds. The fourth-order valence-corrected chi connectivity index (χ4v) is 4.25. The summed E-state index contributed by atoms with van der Waals surface area (Å²) in [5, 5.41) is 3.32. The largest absolute Gasteiger partial charge is 0.468 e. The summed E-state index contributed by atoms with van der Waals surface area (Å²) >= 11 is 0. The third-order valence-electron chi connectivity index (χ3n) is 5.46. The third-order valence-corrected chi connectivity index (χ3v) is 5.46. The first-order valence-corrected chi connectivity index (χ1v) is 8.68. The van der Waals surface area contributed by atoms with Gasteiger partial charge in [-0.05, 0) is 58.0 Å². The van der Waals surface area contributed by atoms with Crippen molar-refractivity contribution in [1.29, 1.82) is 0 Å². The van der Waals surface area contributed by atoms with Crippen LogP contribution < -0.4 is 5.32 Å². The van der Waals surface area contributed by atoms with E-state index in [1.54, 1.807) is 0 Å². The van der Waals surface area contributed by atoms with Crippen molar-refractivity contribution in [3.05, 3.63) is 0 Å². The van der Waals surface area contributed by atoms with Gasteiger partial charge < -0.3 is 15.0 Å². The number of likely N-dealkylation sites (tertiary alicyclic amines) is 1. The predicted octanol–water partition coefficient (Wildman–Crippen LogP) is 2.57. The van der Waals surface area contributed by atoms with E-state index in [4.69, 9.17) is 4.74 Å². The number of hydrogen-bond acceptors (Lipinski definition) is 4. The lowest BCUT2D eigenvalue weighted by atomic mass is 9.78. The number of likely N-dealkylation sites (N-methyl/N-ethyl adjacent to an activating group) is 1. The lowest BCUT2D eigenvalue weighted by molar-refractivity contribution is -0.148. The molecule has 1 N–H and O–H groups in total. The van der Waals surface area contributed by atoms with E-state index in [1.165, 1.54) is 52.2 Å². The van der Waals surface area contributed by atoms with Crippen LogP contribution in [-0.4, -0.2) is 49.2 Å². The van der Waals surface area contributed by atoms with Gasteiger partial charge in [-0.2, -0.15) is 0 Å². The van der Waals surface area contributed by atoms with Crippen molar-refractivity contribution in [3.8, 4) is 0 Å². The van der Waals surface area contributed by atoms with E-state index in [0.29, 0.717) is 0 Å². The first-order valence-electron chi connectivity index (χ1n) is 8.68. The molecule has 0 aromatic carbocycles. The molecule has 1 heterocycles. The number of piperidine rings is 1. The summed E-state index contributed by atoms with van der Waals surface area (Å²) in [6.07, 6.45) is 9.09. The maximum Gasteiger partial charge on any atom is 0.325 e. The van der Waals surface area contributed by atoms with Crippen molar-refractivity contribution in [2.75, 3.05) is 26.7 Å². The van der Waals surface area contributed by atoms with Crippen LogP contribution in [0, 0.1) is 5.92 Å². The summed E-state index contributed by atoms with van der Waals surface area (Å²) in [5.74, 6) is 0.762. The number of rotatable bonds is 6. The molecule has 4 heteroatoms. The molecule has 2 aliphatic rings. The van der Waals surface area contributed by atoms with Crippen molar-refractivity contribution < 1.29 is 9.53 Å². The number of methoxy groups -OCH3 is 1. The van der Waals surface area contributed by atoms with Crippen molar-refractivity contribution >= 4 is 5.97 Å². The molecule has 2 rings (SSSR count). The zero-order valence-electron chi connectivity index (χ0n) is 14.0. The quantitative estimate of drug-likeness (QED) is 0.765. The second-order valence-corrected chi connectivity index (χ2v) is 6.89. The molecule has 2 fully saturated rings. The first-order chi connectivity index (χ1) is 10.1. The highest BCUT2D eigenvalue weighted by atomic mass is 16.5. The SMILES string of the molecule is CCNC(C)(CCN1CCCC2CCCCC21)C(=O)OC. The normalized spacial score (nSPS) is 29.5. The second-order valence-electron chi connectivity index (χ2n) is 6.89. The fraction of sp³-hybridized carbons (Fsp3) is 0.941. The lowest BCUT2D eigenvalue weighted by Crippen LogP contribution is -2.54. The van der Waals surface area contributed by atoms with Crippen LogP contribution in [0.15, 0.2) is 0 Å². The Balaban J connectivity index is 1.94. The highest BCUT2D eigenvalue weighted by molar-refractivity contribution is 5.80. The Hall–Kier alpha value is -0.610. The number of fused-ring (bicyclic) bond motifs is 1. The van der Waals surface area contributed by atoms with Crippen LogP contribution in [0.1, 0.15) is 58.8 Å². The van der Waals surface area contributed by atoms with Gasteiger partial charge in [-0.1, -0.05) is 19.8 Å². The number of nitrogens with zero attached hydrogens (tertiary/aromatic N) is 1. The molecule has 1 aliphatic heterocycles. The topological polar surface area (TPSA) is 41.6 Å². The average Bonchev–Trinajstić information content (AvgIpc) is 2.52. The number of hydrogen-bond donors (Lipinski definition) is 1. The van der Waals surface area contributed by atoms with Gasteiger partial charge in [-0.25, -0.2) is 0 Å². The Kier molecular flexibility index (Phi) is 6.06. The zero-order valence-corrected chi connectivity index (χ0v) is 14.0. The Morgan fingerprint density at radius 2 is 2.00 bits per heavy atom. The molecule has 0 spiro atoms. The molecule has 0 aromatic heterocycles. The van der Waals surface area contributed by atoms with Gasteiger partial charge >= 0.3 is 5.97 Å². The highest BCUT2D eigenvalue weighted by Gasteiger charge is 2.37. The van der Waals surface area contributed by atoms with Crippen LogP contribution in [0.4, 0.5) is 0 Å². The first kappa shape index (κ1) is 16.8. The Labute approximate surface area is 129 Å². The van der Waals surface area contributed by atoms with Gasteiger partial charge in [0.25, 0.3) is 0 Å². The van der Waals surface area contributed by atoms with Gasteiger partial charge in [-0.15, -0.1) is 0 Å². The standard InChI is InChI=1S/C17H32N2O2/c1-4-18-17(2,16(20)21-3)11-13-19-12-7-9-14-8-5-6-10-15(14)19/h14-15,18H,4-13H2,1-3H3. The minimum absolute atomic E-state index is 0.137. The van der Waals surface area contributed by atoms with Crippen LogP contribution in [0.2, 0.25) is 0 Å². The highest BCUT2D eigenvalue weighted by Crippen LogP contribution is 2.35. The van der Waals surface area contributed by atoms with E-state index in [1.807, 2.05) is 13.8 Å². The van der Waals surface area contributed by atoms with Crippen LogP contribution in [0.25, 0.3) is 0 Å². The molecule has 4 nitrogen and oxygen atoms in total. The molecule has 3 atom stereocenters. The summed E-state index contributed by atoms with van der Waals surface area (Å²) in [6, 6.07) is 0.760. The minimum Gasteiger partial charge on any atom is -0.468 e. The van der Waals surface area contributed by atoms with Gasteiger partial charge in [0.2, 0.25) is 0 Å². The van der Waals surface area contributed by atoms with Crippen molar-refractivity contribution in [2.45, 2.75) is 70.4 Å². The van der Waals surface area contributed by atoms with E-state index in [2.05, 4.69) is 10.2 Å². The molecular formula is C17H32N2O2. The molecule has 0 bridgehead atoms. The molecule has 3 unspecified atom stereocenters. The maximum atomic E-state index is 12.1. The van der Waals surface area contributed by atoms with Crippen molar-refractivity contribution in [3.63, 3.8) is 0 Å². The molecule has 0 radical (unpaired) electrons. The number of carbonyl (C=O) groups excluding carboxylic acids is 1. The molecule has 1 aliphatic carbocycles. The monoisotopic (exact) mass is 296 g/mol. The molecule has 1 saturated carbocycles. The van der Waals surface area contributed by atoms with E-state index in [-0.39, 0.29) is 5.97 Å². The molecule has 0 aromatic rings. The van der Waals surface area contributed by atoms with E-state index >= 15 is 0 Å². The zero-order chi connectivity index (χ0) is 15.3. The average molecular weight is 296 g/mol. The summed E-state index contributed by atoms with van der Waals surface area (Å²) in [4.78, 5) is 14.7. The number of esters is 1. The molecule has 1 saturated heterocycles. The van der Waals surface area contributed by atoms with Crippen molar-refractivity contribution in [1.82, 2.24) is 10.2 Å². The van der Waals surface area contributed by atoms with Gasteiger partial charge in [0.05, 0.1) is 7.11 Å². The summed E-state index contributed by atoms with van der Waals surface area (Å²) in [7, 11) is 1.48. The summed E-state index contributed by atoms with van der Waals surface area (Å²) in [5.41, 5.74) is -0.550. The Bertz CT molecular complexity index is 346. The number of carbonyl (C=O) groups is 1. The number of nitrogens with one attached hydrogen (secondary N) is 1. The van der Waals surface area contributed by atoms with Crippen LogP contribution in [0.5, 0.6) is 0 Å². The Morgan fingerprint density at radius 3 is 2.71 bits per heavy atom. The Morgan fingerprint density at radius 1 is 1.29 bits per heavy atom. The number of ether oxygens (including phenoxy) is 1. The van der Waals surface area contributed by atoms with Gasteiger partial charge in [-0.3, -0.25) is 4.79 Å². The smallest absolute Gasteiger partial charge is 0.325 e. The second kappa shape index (κ2) is 7.59. The van der Waals surface area contributed by atoms with E-state index in [0.717, 1.165) is 31.5 Å². The van der Waals surface area contributed by atoms with Gasteiger partial charge in [0, 0.05) is 12.6 Å². The van der Waals surface area contributed by atoms with Gasteiger partial charge in [0.1, 0.15) is 5.54 Å². The van der Waals surface area contributed by atoms with Gasteiger partial charge in [0.15, 0.2) is 0 Å². The minimum atomic E-state index is -0.550. The third kappa shape index (κ3) is 3.98.